The molecule has 1 N–H and O–H groups in total. The van der Waals surface area contributed by atoms with E-state index in [-0.39, 0.29) is 10.7 Å². The molecular formula is C13H12ClF2N3. The summed E-state index contributed by atoms with van der Waals surface area (Å²) in [6.45, 7) is 5.96. The fourth-order valence-corrected chi connectivity index (χ4v) is 1.94. The number of aryl methyl sites for hydroxylation is 1. The smallest absolute Gasteiger partial charge is 0.207 e. The van der Waals surface area contributed by atoms with Crippen molar-refractivity contribution in [2.24, 2.45) is 0 Å². The standard InChI is InChI=1S/C13H12ClF2N3/c1-3-4-19-7-8(2)17-13(19)18-12-10(14)5-9(15)6-11(12)16/h3,5-7H,1,4H2,2H3,(H,17,18). The molecule has 0 spiro atoms. The first-order valence-corrected chi connectivity index (χ1v) is 5.95. The molecule has 0 amide bonds. The number of imidazole rings is 1. The van der Waals surface area contributed by atoms with Crippen LogP contribution in [0.1, 0.15) is 5.69 Å². The molecule has 1 heterocycles. The summed E-state index contributed by atoms with van der Waals surface area (Å²) in [5.41, 5.74) is 0.766. The van der Waals surface area contributed by atoms with Gasteiger partial charge in [0.25, 0.3) is 0 Å². The summed E-state index contributed by atoms with van der Waals surface area (Å²) in [4.78, 5) is 4.21. The molecule has 100 valence electrons. The maximum Gasteiger partial charge on any atom is 0.207 e. The van der Waals surface area contributed by atoms with Crippen LogP contribution in [-0.2, 0) is 6.54 Å². The largest absolute Gasteiger partial charge is 0.322 e. The highest BCUT2D eigenvalue weighted by atomic mass is 35.5. The zero-order valence-electron chi connectivity index (χ0n) is 10.3. The van der Waals surface area contributed by atoms with Gasteiger partial charge in [-0.15, -0.1) is 6.58 Å². The van der Waals surface area contributed by atoms with Crippen LogP contribution < -0.4 is 5.32 Å². The zero-order valence-corrected chi connectivity index (χ0v) is 11.0. The lowest BCUT2D eigenvalue weighted by molar-refractivity contribution is 0.586. The molecule has 2 aromatic rings. The molecule has 0 radical (unpaired) electrons. The first kappa shape index (κ1) is 13.5. The number of rotatable bonds is 4. The first-order valence-electron chi connectivity index (χ1n) is 5.57. The number of hydrogen-bond donors (Lipinski definition) is 1. The van der Waals surface area contributed by atoms with Crippen LogP contribution in [0.2, 0.25) is 5.02 Å². The lowest BCUT2D eigenvalue weighted by Crippen LogP contribution is -2.04. The van der Waals surface area contributed by atoms with Crippen LogP contribution in [0.25, 0.3) is 0 Å². The summed E-state index contributed by atoms with van der Waals surface area (Å²) in [7, 11) is 0. The van der Waals surface area contributed by atoms with Gasteiger partial charge in [0.15, 0.2) is 5.82 Å². The maximum atomic E-state index is 13.7. The van der Waals surface area contributed by atoms with E-state index in [4.69, 9.17) is 11.6 Å². The Labute approximate surface area is 114 Å². The van der Waals surface area contributed by atoms with E-state index in [0.717, 1.165) is 17.8 Å². The number of anilines is 2. The van der Waals surface area contributed by atoms with Crippen molar-refractivity contribution >= 4 is 23.2 Å². The van der Waals surface area contributed by atoms with Gasteiger partial charge >= 0.3 is 0 Å². The molecule has 3 nitrogen and oxygen atoms in total. The van der Waals surface area contributed by atoms with Gasteiger partial charge in [-0.3, -0.25) is 0 Å². The normalized spacial score (nSPS) is 10.5. The third-order valence-electron chi connectivity index (χ3n) is 2.47. The minimum absolute atomic E-state index is 0.000945. The van der Waals surface area contributed by atoms with Gasteiger partial charge < -0.3 is 9.88 Å². The number of nitrogens with zero attached hydrogens (tertiary/aromatic N) is 2. The lowest BCUT2D eigenvalue weighted by Gasteiger charge is -2.10. The zero-order chi connectivity index (χ0) is 14.0. The number of hydrogen-bond acceptors (Lipinski definition) is 2. The second kappa shape index (κ2) is 5.40. The van der Waals surface area contributed by atoms with E-state index in [2.05, 4.69) is 16.9 Å². The predicted octanol–water partition coefficient (Wildman–Crippen LogP) is 4.05. The molecule has 0 aliphatic heterocycles. The van der Waals surface area contributed by atoms with Crippen molar-refractivity contribution in [2.75, 3.05) is 5.32 Å². The van der Waals surface area contributed by atoms with Gasteiger partial charge in [0.05, 0.1) is 16.4 Å². The lowest BCUT2D eigenvalue weighted by atomic mass is 10.3. The topological polar surface area (TPSA) is 29.9 Å². The molecule has 0 fully saturated rings. The number of nitrogens with one attached hydrogen (secondary N) is 1. The highest BCUT2D eigenvalue weighted by Gasteiger charge is 2.13. The minimum Gasteiger partial charge on any atom is -0.322 e. The molecule has 2 rings (SSSR count). The summed E-state index contributed by atoms with van der Waals surface area (Å²) < 4.78 is 28.4. The molecule has 0 saturated carbocycles. The summed E-state index contributed by atoms with van der Waals surface area (Å²) in [6.07, 6.45) is 3.48. The maximum absolute atomic E-state index is 13.7. The summed E-state index contributed by atoms with van der Waals surface area (Å²) in [6, 6.07) is 1.81. The van der Waals surface area contributed by atoms with Crippen molar-refractivity contribution in [3.8, 4) is 0 Å². The number of benzene rings is 1. The SMILES string of the molecule is C=CCn1cc(C)nc1Nc1c(F)cc(F)cc1Cl. The van der Waals surface area contributed by atoms with E-state index in [1.165, 1.54) is 0 Å². The van der Waals surface area contributed by atoms with E-state index in [0.29, 0.717) is 12.5 Å². The van der Waals surface area contributed by atoms with E-state index >= 15 is 0 Å². The monoisotopic (exact) mass is 283 g/mol. The van der Waals surface area contributed by atoms with Crippen molar-refractivity contribution in [1.82, 2.24) is 9.55 Å². The Morgan fingerprint density at radius 1 is 1.47 bits per heavy atom. The van der Waals surface area contributed by atoms with Crippen LogP contribution >= 0.6 is 11.6 Å². The summed E-state index contributed by atoms with van der Waals surface area (Å²) in [5, 5.41) is 2.73. The third kappa shape index (κ3) is 2.93. The molecule has 1 aromatic carbocycles. The number of halogens is 3. The number of aromatic nitrogens is 2. The average molecular weight is 284 g/mol. The third-order valence-corrected chi connectivity index (χ3v) is 2.76. The Morgan fingerprint density at radius 3 is 2.84 bits per heavy atom. The fraction of sp³-hybridized carbons (Fsp3) is 0.154. The molecule has 6 heteroatoms. The van der Waals surface area contributed by atoms with E-state index < -0.39 is 11.6 Å². The Balaban J connectivity index is 2.38. The molecular weight excluding hydrogens is 272 g/mol. The van der Waals surface area contributed by atoms with Crippen LogP contribution in [0, 0.1) is 18.6 Å². The molecule has 1 aromatic heterocycles. The van der Waals surface area contributed by atoms with Crippen LogP contribution in [0.4, 0.5) is 20.4 Å². The van der Waals surface area contributed by atoms with Crippen LogP contribution in [0.3, 0.4) is 0 Å². The highest BCUT2D eigenvalue weighted by Crippen LogP contribution is 2.29. The van der Waals surface area contributed by atoms with Crippen molar-refractivity contribution < 1.29 is 8.78 Å². The Kier molecular flexibility index (Phi) is 3.85. The summed E-state index contributed by atoms with van der Waals surface area (Å²) >= 11 is 5.82. The van der Waals surface area contributed by atoms with Gasteiger partial charge in [0.2, 0.25) is 5.95 Å². The molecule has 0 aliphatic rings. The predicted molar refractivity (Wildman–Crippen MR) is 71.8 cm³/mol. The summed E-state index contributed by atoms with van der Waals surface area (Å²) in [5.74, 6) is -1.07. The molecule has 0 saturated heterocycles. The van der Waals surface area contributed by atoms with Gasteiger partial charge in [0, 0.05) is 18.8 Å². The Morgan fingerprint density at radius 2 is 2.21 bits per heavy atom. The van der Waals surface area contributed by atoms with E-state index in [9.17, 15) is 8.78 Å². The van der Waals surface area contributed by atoms with Crippen LogP contribution in [0.15, 0.2) is 31.0 Å². The Bertz CT molecular complexity index is 599. The highest BCUT2D eigenvalue weighted by molar-refractivity contribution is 6.33. The van der Waals surface area contributed by atoms with Crippen molar-refractivity contribution in [3.05, 3.63) is 53.3 Å². The molecule has 0 bridgehead atoms. The Hall–Kier alpha value is -1.88. The molecule has 0 atom stereocenters. The average Bonchev–Trinajstić information content (AvgIpc) is 2.64. The molecule has 0 unspecified atom stereocenters. The van der Waals surface area contributed by atoms with Gasteiger partial charge in [-0.25, -0.2) is 13.8 Å². The number of allylic oxidation sites excluding steroid dienone is 1. The second-order valence-electron chi connectivity index (χ2n) is 4.02. The van der Waals surface area contributed by atoms with E-state index in [1.54, 1.807) is 16.8 Å². The van der Waals surface area contributed by atoms with Crippen molar-refractivity contribution in [3.63, 3.8) is 0 Å². The molecule has 0 aliphatic carbocycles. The second-order valence-corrected chi connectivity index (χ2v) is 4.42. The first-order chi connectivity index (χ1) is 9.01. The molecule has 19 heavy (non-hydrogen) atoms. The van der Waals surface area contributed by atoms with Crippen LogP contribution in [-0.4, -0.2) is 9.55 Å². The fourth-order valence-electron chi connectivity index (χ4n) is 1.70. The van der Waals surface area contributed by atoms with Gasteiger partial charge in [-0.05, 0) is 13.0 Å². The van der Waals surface area contributed by atoms with Crippen molar-refractivity contribution in [1.29, 1.82) is 0 Å². The van der Waals surface area contributed by atoms with Gasteiger partial charge in [0.1, 0.15) is 5.82 Å². The van der Waals surface area contributed by atoms with Gasteiger partial charge in [-0.2, -0.15) is 0 Å². The van der Waals surface area contributed by atoms with E-state index in [1.807, 2.05) is 6.92 Å². The van der Waals surface area contributed by atoms with Crippen LogP contribution in [0.5, 0.6) is 0 Å². The van der Waals surface area contributed by atoms with Crippen molar-refractivity contribution in [2.45, 2.75) is 13.5 Å². The quantitative estimate of drug-likeness (QED) is 0.858. The minimum atomic E-state index is -0.768. The van der Waals surface area contributed by atoms with Gasteiger partial charge in [-0.1, -0.05) is 17.7 Å².